The fraction of sp³-hybridized carbons (Fsp3) is 0.593. The standard InChI is InChI=1S/C27H33F6N3O2/c1-16(19-11-20(26(28,29)30)13-21(12-19)27(31,32)33)38-15-18-7-8-22(36-24(37)25(34)9-10-25)14-35-23(18)17-5-3-2-4-6-17/h2-6,11,13,16,18-19,22-23,35H,7-10,12,14-15,34H2,1H3,(H,36,37)/t16-,18+,19?,22+,23-/m1/s1. The van der Waals surface area contributed by atoms with Gasteiger partial charge in [-0.15, -0.1) is 0 Å². The maximum Gasteiger partial charge on any atom is 0.416 e. The first-order chi connectivity index (χ1) is 17.8. The first-order valence-corrected chi connectivity index (χ1v) is 12.8. The molecule has 1 amide bonds. The lowest BCUT2D eigenvalue weighted by atomic mass is 9.86. The molecule has 1 saturated heterocycles. The highest BCUT2D eigenvalue weighted by Gasteiger charge is 2.47. The molecule has 4 N–H and O–H groups in total. The van der Waals surface area contributed by atoms with Gasteiger partial charge in [0.15, 0.2) is 0 Å². The highest BCUT2D eigenvalue weighted by molar-refractivity contribution is 5.89. The van der Waals surface area contributed by atoms with Crippen LogP contribution in [0, 0.1) is 11.8 Å². The first-order valence-electron chi connectivity index (χ1n) is 12.8. The van der Waals surface area contributed by atoms with Gasteiger partial charge in [0, 0.05) is 36.0 Å². The zero-order chi connectivity index (χ0) is 27.7. The van der Waals surface area contributed by atoms with E-state index in [0.29, 0.717) is 32.2 Å². The number of allylic oxidation sites excluding steroid dienone is 3. The number of alkyl halides is 6. The van der Waals surface area contributed by atoms with Crippen molar-refractivity contribution in [3.8, 4) is 0 Å². The van der Waals surface area contributed by atoms with Crippen molar-refractivity contribution in [3.63, 3.8) is 0 Å². The Hall–Kier alpha value is -2.37. The molecule has 210 valence electrons. The topological polar surface area (TPSA) is 76.4 Å². The van der Waals surface area contributed by atoms with E-state index in [1.165, 1.54) is 6.92 Å². The largest absolute Gasteiger partial charge is 0.416 e. The Morgan fingerprint density at radius 1 is 1.13 bits per heavy atom. The molecule has 38 heavy (non-hydrogen) atoms. The Bertz CT molecular complexity index is 1050. The van der Waals surface area contributed by atoms with E-state index in [1.807, 2.05) is 30.3 Å². The van der Waals surface area contributed by atoms with Crippen molar-refractivity contribution in [2.75, 3.05) is 13.2 Å². The molecule has 1 saturated carbocycles. The third-order valence-electron chi connectivity index (χ3n) is 7.72. The molecule has 4 rings (SSSR count). The normalized spacial score (nSPS) is 28.5. The Labute approximate surface area is 217 Å². The Morgan fingerprint density at radius 3 is 2.42 bits per heavy atom. The monoisotopic (exact) mass is 545 g/mol. The summed E-state index contributed by atoms with van der Waals surface area (Å²) in [6, 6.07) is 9.24. The molecule has 1 unspecified atom stereocenters. The number of hydrogen-bond acceptors (Lipinski definition) is 4. The van der Waals surface area contributed by atoms with Gasteiger partial charge in [-0.2, -0.15) is 26.3 Å². The molecule has 5 nitrogen and oxygen atoms in total. The number of rotatable bonds is 7. The summed E-state index contributed by atoms with van der Waals surface area (Å²) in [5.74, 6) is -1.38. The van der Waals surface area contributed by atoms with Crippen LogP contribution in [-0.2, 0) is 9.53 Å². The number of carbonyl (C=O) groups is 1. The van der Waals surface area contributed by atoms with Crippen molar-refractivity contribution in [2.24, 2.45) is 17.6 Å². The Kier molecular flexibility index (Phi) is 8.30. The molecule has 1 heterocycles. The molecule has 2 aliphatic carbocycles. The van der Waals surface area contributed by atoms with E-state index in [4.69, 9.17) is 10.5 Å². The van der Waals surface area contributed by atoms with Crippen LogP contribution in [0.1, 0.15) is 50.6 Å². The quantitative estimate of drug-likeness (QED) is 0.417. The van der Waals surface area contributed by atoms with Crippen molar-refractivity contribution in [1.29, 1.82) is 0 Å². The first kappa shape index (κ1) is 28.6. The van der Waals surface area contributed by atoms with Gasteiger partial charge in [0.25, 0.3) is 0 Å². The number of halogens is 6. The maximum absolute atomic E-state index is 13.4. The average Bonchev–Trinajstić information content (AvgIpc) is 3.65. The van der Waals surface area contributed by atoms with Gasteiger partial charge >= 0.3 is 12.4 Å². The van der Waals surface area contributed by atoms with Gasteiger partial charge in [0.1, 0.15) is 0 Å². The number of nitrogens with two attached hydrogens (primary N) is 1. The lowest BCUT2D eigenvalue weighted by molar-refractivity contribution is -0.124. The number of ether oxygens (including phenoxy) is 1. The third kappa shape index (κ3) is 6.98. The third-order valence-corrected chi connectivity index (χ3v) is 7.72. The van der Waals surface area contributed by atoms with Crippen LogP contribution in [0.25, 0.3) is 0 Å². The number of amides is 1. The van der Waals surface area contributed by atoms with E-state index in [1.54, 1.807) is 0 Å². The van der Waals surface area contributed by atoms with Gasteiger partial charge in [0.2, 0.25) is 5.91 Å². The summed E-state index contributed by atoms with van der Waals surface area (Å²) in [4.78, 5) is 12.5. The molecule has 11 heteroatoms. The van der Waals surface area contributed by atoms with E-state index < -0.39 is 47.5 Å². The minimum absolute atomic E-state index is 0.123. The second kappa shape index (κ2) is 11.0. The van der Waals surface area contributed by atoms with E-state index in [2.05, 4.69) is 10.6 Å². The molecule has 1 aromatic carbocycles. The van der Waals surface area contributed by atoms with Crippen LogP contribution < -0.4 is 16.4 Å². The van der Waals surface area contributed by atoms with Crippen LogP contribution in [0.4, 0.5) is 26.3 Å². The van der Waals surface area contributed by atoms with Gasteiger partial charge < -0.3 is 21.1 Å². The molecule has 0 bridgehead atoms. The SMILES string of the molecule is C[C@@H](OC[C@@H]1CC[C@H](NC(=O)C2(N)CC2)CN[C@@H]1c1ccccc1)C1C=C(C(F)(F)F)C=C(C(F)(F)F)C1. The van der Waals surface area contributed by atoms with Crippen LogP contribution in [0.5, 0.6) is 0 Å². The molecule has 0 aromatic heterocycles. The zero-order valence-electron chi connectivity index (χ0n) is 21.0. The van der Waals surface area contributed by atoms with Gasteiger partial charge in [-0.05, 0) is 50.7 Å². The lowest BCUT2D eigenvalue weighted by Gasteiger charge is -2.31. The molecule has 0 radical (unpaired) electrons. The van der Waals surface area contributed by atoms with E-state index >= 15 is 0 Å². The van der Waals surface area contributed by atoms with Crippen LogP contribution in [-0.4, -0.2) is 49.1 Å². The molecular weight excluding hydrogens is 512 g/mol. The number of benzene rings is 1. The second-order valence-electron chi connectivity index (χ2n) is 10.7. The van der Waals surface area contributed by atoms with Crippen LogP contribution >= 0.6 is 0 Å². The summed E-state index contributed by atoms with van der Waals surface area (Å²) < 4.78 is 86.1. The highest BCUT2D eigenvalue weighted by Crippen LogP contribution is 2.41. The number of nitrogens with one attached hydrogen (secondary N) is 2. The lowest BCUT2D eigenvalue weighted by Crippen LogP contribution is -2.49. The fourth-order valence-electron chi connectivity index (χ4n) is 5.08. The Balaban J connectivity index is 1.45. The molecule has 3 aliphatic rings. The summed E-state index contributed by atoms with van der Waals surface area (Å²) in [5, 5.41) is 6.49. The molecule has 1 aromatic rings. The predicted molar refractivity (Wildman–Crippen MR) is 130 cm³/mol. The smallest absolute Gasteiger partial charge is 0.378 e. The summed E-state index contributed by atoms with van der Waals surface area (Å²) in [7, 11) is 0. The van der Waals surface area contributed by atoms with Gasteiger partial charge in [0.05, 0.1) is 23.8 Å². The minimum Gasteiger partial charge on any atom is -0.378 e. The highest BCUT2D eigenvalue weighted by atomic mass is 19.4. The summed E-state index contributed by atoms with van der Waals surface area (Å²) in [6.45, 7) is 2.13. The Morgan fingerprint density at radius 2 is 1.82 bits per heavy atom. The van der Waals surface area contributed by atoms with Crippen LogP contribution in [0.3, 0.4) is 0 Å². The minimum atomic E-state index is -4.89. The van der Waals surface area contributed by atoms with Crippen LogP contribution in [0.15, 0.2) is 53.6 Å². The van der Waals surface area contributed by atoms with Crippen molar-refractivity contribution in [2.45, 2.75) is 75.1 Å². The molecule has 0 spiro atoms. The van der Waals surface area contributed by atoms with Gasteiger partial charge in [-0.3, -0.25) is 4.79 Å². The molecule has 2 fully saturated rings. The van der Waals surface area contributed by atoms with Crippen molar-refractivity contribution >= 4 is 5.91 Å². The number of carbonyl (C=O) groups excluding carboxylic acids is 1. The number of hydrogen-bond donors (Lipinski definition) is 3. The van der Waals surface area contributed by atoms with Crippen molar-refractivity contribution in [1.82, 2.24) is 10.6 Å². The summed E-state index contributed by atoms with van der Waals surface area (Å²) in [5.41, 5.74) is 3.69. The van der Waals surface area contributed by atoms with Gasteiger partial charge in [-0.1, -0.05) is 36.4 Å². The maximum atomic E-state index is 13.4. The molecule has 1 aliphatic heterocycles. The molecule has 5 atom stereocenters. The van der Waals surface area contributed by atoms with Crippen molar-refractivity contribution < 1.29 is 35.9 Å². The predicted octanol–water partition coefficient (Wildman–Crippen LogP) is 5.11. The van der Waals surface area contributed by atoms with Crippen LogP contribution in [0.2, 0.25) is 0 Å². The van der Waals surface area contributed by atoms with E-state index in [0.717, 1.165) is 11.6 Å². The van der Waals surface area contributed by atoms with Gasteiger partial charge in [-0.25, -0.2) is 0 Å². The zero-order valence-corrected chi connectivity index (χ0v) is 21.0. The molecular formula is C27H33F6N3O2. The summed E-state index contributed by atoms with van der Waals surface area (Å²) >= 11 is 0. The fourth-order valence-corrected chi connectivity index (χ4v) is 5.08. The average molecular weight is 546 g/mol. The van der Waals surface area contributed by atoms with Crippen molar-refractivity contribution in [3.05, 3.63) is 59.2 Å². The second-order valence-corrected chi connectivity index (χ2v) is 10.7. The summed E-state index contributed by atoms with van der Waals surface area (Å²) in [6.07, 6.45) is -7.61. The van der Waals surface area contributed by atoms with E-state index in [9.17, 15) is 31.1 Å². The van der Waals surface area contributed by atoms with E-state index in [-0.39, 0.29) is 36.6 Å².